The number of likely N-dealkylation sites (tertiary alicyclic amines) is 1. The maximum absolute atomic E-state index is 4.22. The second kappa shape index (κ2) is 6.23. The summed E-state index contributed by atoms with van der Waals surface area (Å²) >= 11 is 0. The smallest absolute Gasteiger partial charge is 0.0387 e. The zero-order valence-corrected chi connectivity index (χ0v) is 12.2. The molecule has 0 amide bonds. The van der Waals surface area contributed by atoms with E-state index in [4.69, 9.17) is 0 Å². The van der Waals surface area contributed by atoms with Crippen molar-refractivity contribution in [3.05, 3.63) is 54.1 Å². The fraction of sp³-hybridized carbons (Fsp3) is 0.471. The minimum absolute atomic E-state index is 0.771. The molecule has 0 spiro atoms. The van der Waals surface area contributed by atoms with Gasteiger partial charge in [-0.3, -0.25) is 9.88 Å². The van der Waals surface area contributed by atoms with Crippen LogP contribution in [0.4, 0.5) is 0 Å². The second-order valence-corrected chi connectivity index (χ2v) is 5.92. The van der Waals surface area contributed by atoms with E-state index in [-0.39, 0.29) is 0 Å². The van der Waals surface area contributed by atoms with Gasteiger partial charge in [-0.05, 0) is 55.5 Å². The lowest BCUT2D eigenvalue weighted by Crippen LogP contribution is -2.36. The molecule has 0 bridgehead atoms. The molecule has 3 heterocycles. The summed E-state index contributed by atoms with van der Waals surface area (Å²) < 4.78 is 2.23. The SMILES string of the molecule is Cn1cccc1CN1CCC[C@H](Cc2cccnc2)C1. The Kier molecular flexibility index (Phi) is 4.16. The predicted octanol–water partition coefficient (Wildman–Crippen LogP) is 2.87. The van der Waals surface area contributed by atoms with Crippen molar-refractivity contribution in [3.63, 3.8) is 0 Å². The lowest BCUT2D eigenvalue weighted by molar-refractivity contribution is 0.164. The summed E-state index contributed by atoms with van der Waals surface area (Å²) in [6.07, 6.45) is 9.82. The summed E-state index contributed by atoms with van der Waals surface area (Å²) in [5.41, 5.74) is 2.78. The zero-order valence-electron chi connectivity index (χ0n) is 12.2. The Labute approximate surface area is 121 Å². The van der Waals surface area contributed by atoms with Crippen LogP contribution in [-0.2, 0) is 20.0 Å². The Bertz CT molecular complexity index is 532. The van der Waals surface area contributed by atoms with Gasteiger partial charge < -0.3 is 4.57 Å². The highest BCUT2D eigenvalue weighted by Gasteiger charge is 2.20. The van der Waals surface area contributed by atoms with Gasteiger partial charge in [0.2, 0.25) is 0 Å². The maximum atomic E-state index is 4.22. The van der Waals surface area contributed by atoms with E-state index in [2.05, 4.69) is 45.9 Å². The molecule has 1 fully saturated rings. The van der Waals surface area contributed by atoms with Crippen LogP contribution in [0, 0.1) is 5.92 Å². The summed E-state index contributed by atoms with van der Waals surface area (Å²) in [5, 5.41) is 0. The molecule has 3 nitrogen and oxygen atoms in total. The summed E-state index contributed by atoms with van der Waals surface area (Å²) in [4.78, 5) is 6.82. The van der Waals surface area contributed by atoms with E-state index >= 15 is 0 Å². The first kappa shape index (κ1) is 13.4. The van der Waals surface area contributed by atoms with Crippen LogP contribution < -0.4 is 0 Å². The van der Waals surface area contributed by atoms with Crippen molar-refractivity contribution in [3.8, 4) is 0 Å². The van der Waals surface area contributed by atoms with Crippen LogP contribution >= 0.6 is 0 Å². The molecule has 1 aliphatic heterocycles. The van der Waals surface area contributed by atoms with E-state index in [9.17, 15) is 0 Å². The molecule has 0 aliphatic carbocycles. The number of aromatic nitrogens is 2. The number of nitrogens with zero attached hydrogens (tertiary/aromatic N) is 3. The number of hydrogen-bond donors (Lipinski definition) is 0. The van der Waals surface area contributed by atoms with E-state index in [1.165, 1.54) is 37.2 Å². The van der Waals surface area contributed by atoms with Gasteiger partial charge in [-0.1, -0.05) is 6.07 Å². The van der Waals surface area contributed by atoms with Gasteiger partial charge in [-0.2, -0.15) is 0 Å². The van der Waals surface area contributed by atoms with Gasteiger partial charge in [0.25, 0.3) is 0 Å². The van der Waals surface area contributed by atoms with Crippen molar-refractivity contribution in [1.29, 1.82) is 0 Å². The summed E-state index contributed by atoms with van der Waals surface area (Å²) in [7, 11) is 2.13. The van der Waals surface area contributed by atoms with Crippen molar-refractivity contribution in [2.24, 2.45) is 13.0 Å². The quantitative estimate of drug-likeness (QED) is 0.851. The third kappa shape index (κ3) is 3.28. The van der Waals surface area contributed by atoms with Gasteiger partial charge in [0, 0.05) is 44.4 Å². The van der Waals surface area contributed by atoms with E-state index in [0.717, 1.165) is 18.9 Å². The highest BCUT2D eigenvalue weighted by Crippen LogP contribution is 2.22. The van der Waals surface area contributed by atoms with Crippen molar-refractivity contribution in [1.82, 2.24) is 14.5 Å². The number of rotatable bonds is 4. The fourth-order valence-electron chi connectivity index (χ4n) is 3.20. The third-order valence-electron chi connectivity index (χ3n) is 4.29. The highest BCUT2D eigenvalue weighted by molar-refractivity contribution is 5.10. The van der Waals surface area contributed by atoms with E-state index in [1.807, 2.05) is 18.5 Å². The molecule has 106 valence electrons. The fourth-order valence-corrected chi connectivity index (χ4v) is 3.20. The molecule has 0 N–H and O–H groups in total. The van der Waals surface area contributed by atoms with Gasteiger partial charge in [-0.25, -0.2) is 0 Å². The van der Waals surface area contributed by atoms with Crippen molar-refractivity contribution >= 4 is 0 Å². The molecule has 3 rings (SSSR count). The largest absolute Gasteiger partial charge is 0.353 e. The molecule has 20 heavy (non-hydrogen) atoms. The third-order valence-corrected chi connectivity index (χ3v) is 4.29. The first-order valence-corrected chi connectivity index (χ1v) is 7.53. The Hall–Kier alpha value is -1.61. The summed E-state index contributed by atoms with van der Waals surface area (Å²) in [6.45, 7) is 3.52. The molecule has 0 saturated carbocycles. The zero-order chi connectivity index (χ0) is 13.8. The Morgan fingerprint density at radius 1 is 1.30 bits per heavy atom. The Morgan fingerprint density at radius 3 is 3.00 bits per heavy atom. The Morgan fingerprint density at radius 2 is 2.25 bits per heavy atom. The predicted molar refractivity (Wildman–Crippen MR) is 81.4 cm³/mol. The van der Waals surface area contributed by atoms with Gasteiger partial charge in [0.15, 0.2) is 0 Å². The van der Waals surface area contributed by atoms with Crippen LogP contribution in [0.1, 0.15) is 24.1 Å². The van der Waals surface area contributed by atoms with Crippen LogP contribution in [0.15, 0.2) is 42.9 Å². The first-order valence-electron chi connectivity index (χ1n) is 7.53. The van der Waals surface area contributed by atoms with Crippen LogP contribution in [0.25, 0.3) is 0 Å². The van der Waals surface area contributed by atoms with Crippen LogP contribution in [0.5, 0.6) is 0 Å². The molecule has 1 saturated heterocycles. The molecule has 2 aromatic rings. The second-order valence-electron chi connectivity index (χ2n) is 5.92. The maximum Gasteiger partial charge on any atom is 0.0387 e. The van der Waals surface area contributed by atoms with E-state index in [0.29, 0.717) is 0 Å². The van der Waals surface area contributed by atoms with Crippen LogP contribution in [0.3, 0.4) is 0 Å². The minimum atomic E-state index is 0.771. The van der Waals surface area contributed by atoms with E-state index < -0.39 is 0 Å². The molecular weight excluding hydrogens is 246 g/mol. The minimum Gasteiger partial charge on any atom is -0.353 e. The topological polar surface area (TPSA) is 21.1 Å². The van der Waals surface area contributed by atoms with Gasteiger partial charge in [-0.15, -0.1) is 0 Å². The standard InChI is InChI=1S/C17H23N3/c1-19-9-4-7-17(19)14-20-10-3-6-16(13-20)11-15-5-2-8-18-12-15/h2,4-5,7-9,12,16H,3,6,10-11,13-14H2,1H3/t16-/m1/s1. The molecule has 1 atom stereocenters. The summed E-state index contributed by atoms with van der Waals surface area (Å²) in [5.74, 6) is 0.771. The molecular formula is C17H23N3. The average molecular weight is 269 g/mol. The number of piperidine rings is 1. The van der Waals surface area contributed by atoms with Gasteiger partial charge in [0.1, 0.15) is 0 Å². The monoisotopic (exact) mass is 269 g/mol. The highest BCUT2D eigenvalue weighted by atomic mass is 15.1. The van der Waals surface area contributed by atoms with Crippen molar-refractivity contribution in [2.45, 2.75) is 25.8 Å². The molecule has 2 aromatic heterocycles. The van der Waals surface area contributed by atoms with Crippen LogP contribution in [0.2, 0.25) is 0 Å². The number of pyridine rings is 1. The molecule has 0 unspecified atom stereocenters. The number of aryl methyl sites for hydroxylation is 1. The van der Waals surface area contributed by atoms with Crippen molar-refractivity contribution < 1.29 is 0 Å². The summed E-state index contributed by atoms with van der Waals surface area (Å²) in [6, 6.07) is 8.60. The molecule has 0 radical (unpaired) electrons. The number of hydrogen-bond acceptors (Lipinski definition) is 2. The lowest BCUT2D eigenvalue weighted by atomic mass is 9.92. The normalized spacial score (nSPS) is 20.1. The van der Waals surface area contributed by atoms with Crippen LogP contribution in [-0.4, -0.2) is 27.5 Å². The molecule has 0 aromatic carbocycles. The Balaban J connectivity index is 1.58. The lowest BCUT2D eigenvalue weighted by Gasteiger charge is -2.32. The molecule has 3 heteroatoms. The molecule has 1 aliphatic rings. The van der Waals surface area contributed by atoms with E-state index in [1.54, 1.807) is 0 Å². The van der Waals surface area contributed by atoms with Gasteiger partial charge in [0.05, 0.1) is 0 Å². The average Bonchev–Trinajstić information content (AvgIpc) is 2.86. The first-order chi connectivity index (χ1) is 9.81. The van der Waals surface area contributed by atoms with Gasteiger partial charge >= 0.3 is 0 Å². The van der Waals surface area contributed by atoms with Crippen molar-refractivity contribution in [2.75, 3.05) is 13.1 Å².